The molecule has 0 radical (unpaired) electrons. The summed E-state index contributed by atoms with van der Waals surface area (Å²) in [7, 11) is 0. The summed E-state index contributed by atoms with van der Waals surface area (Å²) in [5, 5.41) is 3.06. The molecule has 22 heavy (non-hydrogen) atoms. The second-order valence-electron chi connectivity index (χ2n) is 4.99. The van der Waals surface area contributed by atoms with E-state index in [1.165, 1.54) is 17.4 Å². The van der Waals surface area contributed by atoms with Crippen molar-refractivity contribution < 1.29 is 13.9 Å². The Morgan fingerprint density at radius 2 is 2.41 bits per heavy atom. The number of benzene rings is 1. The number of nitrogens with one attached hydrogen (secondary N) is 1. The van der Waals surface area contributed by atoms with E-state index in [9.17, 15) is 4.39 Å². The monoisotopic (exact) mass is 342 g/mol. The fourth-order valence-electron chi connectivity index (χ4n) is 2.30. The van der Waals surface area contributed by atoms with E-state index in [4.69, 9.17) is 21.1 Å². The maximum Gasteiger partial charge on any atom is 0.183 e. The van der Waals surface area contributed by atoms with E-state index in [-0.39, 0.29) is 11.9 Å². The fraction of sp³-hybridized carbons (Fsp3) is 0.400. The van der Waals surface area contributed by atoms with Gasteiger partial charge in [-0.25, -0.2) is 9.37 Å². The van der Waals surface area contributed by atoms with Crippen molar-refractivity contribution in [1.29, 1.82) is 0 Å². The van der Waals surface area contributed by atoms with Gasteiger partial charge < -0.3 is 14.8 Å². The van der Waals surface area contributed by atoms with Crippen LogP contribution < -0.4 is 10.1 Å². The van der Waals surface area contributed by atoms with Gasteiger partial charge in [0, 0.05) is 17.7 Å². The highest BCUT2D eigenvalue weighted by Gasteiger charge is 2.17. The molecule has 1 aromatic heterocycles. The van der Waals surface area contributed by atoms with Gasteiger partial charge in [0.2, 0.25) is 0 Å². The summed E-state index contributed by atoms with van der Waals surface area (Å²) in [4.78, 5) is 4.89. The van der Waals surface area contributed by atoms with Crippen LogP contribution in [0.1, 0.15) is 17.7 Å². The molecule has 1 aliphatic heterocycles. The summed E-state index contributed by atoms with van der Waals surface area (Å²) in [6, 6.07) is 4.79. The number of thiazole rings is 1. The van der Waals surface area contributed by atoms with Gasteiger partial charge in [-0.3, -0.25) is 0 Å². The molecule has 2 heterocycles. The van der Waals surface area contributed by atoms with E-state index in [1.54, 1.807) is 18.3 Å². The minimum absolute atomic E-state index is 0.0939. The Morgan fingerprint density at radius 1 is 1.50 bits per heavy atom. The summed E-state index contributed by atoms with van der Waals surface area (Å²) in [5.41, 5.74) is 0.352. The van der Waals surface area contributed by atoms with Crippen molar-refractivity contribution in [1.82, 2.24) is 4.98 Å². The minimum atomic E-state index is -0.347. The number of hydrogen-bond acceptors (Lipinski definition) is 5. The standard InChI is InChI=1S/C15H16ClFN2O2S/c16-15-19-8-11(22-15)7-18-14-12(17)4-1-5-13(14)21-9-10-3-2-6-20-10/h1,4-5,8,10,18H,2-3,6-7,9H2. The molecule has 2 aromatic rings. The van der Waals surface area contributed by atoms with Crippen molar-refractivity contribution in [3.8, 4) is 5.75 Å². The lowest BCUT2D eigenvalue weighted by Gasteiger charge is -2.16. The number of ether oxygens (including phenoxy) is 2. The van der Waals surface area contributed by atoms with Gasteiger partial charge >= 0.3 is 0 Å². The maximum absolute atomic E-state index is 14.0. The third kappa shape index (κ3) is 3.88. The molecule has 0 amide bonds. The summed E-state index contributed by atoms with van der Waals surface area (Å²) >= 11 is 7.16. The lowest BCUT2D eigenvalue weighted by atomic mass is 10.2. The number of aromatic nitrogens is 1. The Kier molecular flexibility index (Phi) is 5.12. The summed E-state index contributed by atoms with van der Waals surface area (Å²) < 4.78 is 25.8. The molecule has 0 bridgehead atoms. The topological polar surface area (TPSA) is 43.4 Å². The van der Waals surface area contributed by atoms with Gasteiger partial charge in [0.1, 0.15) is 23.9 Å². The molecule has 1 N–H and O–H groups in total. The van der Waals surface area contributed by atoms with Crippen LogP contribution in [0.5, 0.6) is 5.75 Å². The van der Waals surface area contributed by atoms with Crippen molar-refractivity contribution in [3.05, 3.63) is 39.6 Å². The van der Waals surface area contributed by atoms with Crippen LogP contribution in [0.4, 0.5) is 10.1 Å². The summed E-state index contributed by atoms with van der Waals surface area (Å²) in [5.74, 6) is 0.145. The Balaban J connectivity index is 1.65. The van der Waals surface area contributed by atoms with Crippen LogP contribution in [0.2, 0.25) is 4.47 Å². The van der Waals surface area contributed by atoms with Crippen molar-refractivity contribution in [2.45, 2.75) is 25.5 Å². The molecule has 118 valence electrons. The van der Waals surface area contributed by atoms with Gasteiger partial charge in [0.25, 0.3) is 0 Å². The second kappa shape index (κ2) is 7.26. The molecule has 0 saturated carbocycles. The number of hydrogen-bond donors (Lipinski definition) is 1. The number of rotatable bonds is 6. The number of anilines is 1. The van der Waals surface area contributed by atoms with E-state index < -0.39 is 0 Å². The molecule has 1 aliphatic rings. The molecule has 0 spiro atoms. The molecule has 1 saturated heterocycles. The van der Waals surface area contributed by atoms with Gasteiger partial charge in [-0.05, 0) is 25.0 Å². The van der Waals surface area contributed by atoms with E-state index in [0.717, 1.165) is 24.3 Å². The van der Waals surface area contributed by atoms with E-state index in [1.807, 2.05) is 0 Å². The van der Waals surface area contributed by atoms with Crippen molar-refractivity contribution in [3.63, 3.8) is 0 Å². The number of halogens is 2. The van der Waals surface area contributed by atoms with Crippen LogP contribution in [-0.4, -0.2) is 24.3 Å². The Labute approximate surface area is 137 Å². The third-order valence-electron chi connectivity index (χ3n) is 3.39. The molecule has 3 rings (SSSR count). The second-order valence-corrected chi connectivity index (χ2v) is 6.69. The molecular weight excluding hydrogens is 327 g/mol. The van der Waals surface area contributed by atoms with E-state index in [2.05, 4.69) is 10.3 Å². The molecule has 7 heteroatoms. The van der Waals surface area contributed by atoms with Crippen LogP contribution in [-0.2, 0) is 11.3 Å². The predicted molar refractivity (Wildman–Crippen MR) is 85.3 cm³/mol. The zero-order valence-corrected chi connectivity index (χ0v) is 13.4. The van der Waals surface area contributed by atoms with Gasteiger partial charge in [0.15, 0.2) is 4.47 Å². The fourth-order valence-corrected chi connectivity index (χ4v) is 3.21. The first-order chi connectivity index (χ1) is 10.7. The van der Waals surface area contributed by atoms with Crippen LogP contribution in [0.3, 0.4) is 0 Å². The average Bonchev–Trinajstić information content (AvgIpc) is 3.15. The highest BCUT2D eigenvalue weighted by atomic mass is 35.5. The van der Waals surface area contributed by atoms with E-state index >= 15 is 0 Å². The van der Waals surface area contributed by atoms with Gasteiger partial charge in [-0.1, -0.05) is 17.7 Å². The first kappa shape index (κ1) is 15.5. The van der Waals surface area contributed by atoms with Crippen LogP contribution in [0, 0.1) is 5.82 Å². The normalized spacial score (nSPS) is 17.6. The molecule has 0 aliphatic carbocycles. The predicted octanol–water partition coefficient (Wildman–Crippen LogP) is 4.11. The zero-order chi connectivity index (χ0) is 15.4. The number of nitrogens with zero attached hydrogens (tertiary/aromatic N) is 1. The van der Waals surface area contributed by atoms with Crippen molar-refractivity contribution >= 4 is 28.6 Å². The van der Waals surface area contributed by atoms with Gasteiger partial charge in [-0.2, -0.15) is 0 Å². The highest BCUT2D eigenvalue weighted by Crippen LogP contribution is 2.29. The largest absolute Gasteiger partial charge is 0.489 e. The lowest BCUT2D eigenvalue weighted by molar-refractivity contribution is 0.0681. The first-order valence-corrected chi connectivity index (χ1v) is 8.29. The average molecular weight is 343 g/mol. The Hall–Kier alpha value is -1.37. The molecule has 1 unspecified atom stereocenters. The highest BCUT2D eigenvalue weighted by molar-refractivity contribution is 7.15. The van der Waals surface area contributed by atoms with Gasteiger partial charge in [-0.15, -0.1) is 11.3 Å². The Morgan fingerprint density at radius 3 is 3.14 bits per heavy atom. The van der Waals surface area contributed by atoms with Crippen molar-refractivity contribution in [2.24, 2.45) is 0 Å². The molecule has 4 nitrogen and oxygen atoms in total. The van der Waals surface area contributed by atoms with Crippen LogP contribution >= 0.6 is 22.9 Å². The third-order valence-corrected chi connectivity index (χ3v) is 4.50. The summed E-state index contributed by atoms with van der Waals surface area (Å²) in [6.45, 7) is 1.65. The minimum Gasteiger partial charge on any atom is -0.489 e. The van der Waals surface area contributed by atoms with Crippen molar-refractivity contribution in [2.75, 3.05) is 18.5 Å². The van der Waals surface area contributed by atoms with Gasteiger partial charge in [0.05, 0.1) is 12.6 Å². The van der Waals surface area contributed by atoms with Crippen LogP contribution in [0.25, 0.3) is 0 Å². The quantitative estimate of drug-likeness (QED) is 0.858. The molecule has 1 fully saturated rings. The van der Waals surface area contributed by atoms with Crippen LogP contribution in [0.15, 0.2) is 24.4 Å². The lowest BCUT2D eigenvalue weighted by Crippen LogP contribution is -2.17. The molecular formula is C15H16ClFN2O2S. The Bertz CT molecular complexity index is 632. The smallest absolute Gasteiger partial charge is 0.183 e. The maximum atomic E-state index is 14.0. The first-order valence-electron chi connectivity index (χ1n) is 7.09. The summed E-state index contributed by atoms with van der Waals surface area (Å²) in [6.07, 6.45) is 3.80. The molecule has 1 aromatic carbocycles. The zero-order valence-electron chi connectivity index (χ0n) is 11.9. The number of para-hydroxylation sites is 1. The SMILES string of the molecule is Fc1cccc(OCC2CCCO2)c1NCc1cnc(Cl)s1. The molecule has 1 atom stereocenters. The van der Waals surface area contributed by atoms with E-state index in [0.29, 0.717) is 29.1 Å².